The van der Waals surface area contributed by atoms with Crippen LogP contribution in [0.1, 0.15) is 42.1 Å². The maximum absolute atomic E-state index is 12.2. The second kappa shape index (κ2) is 11.4. The van der Waals surface area contributed by atoms with Crippen LogP contribution in [0, 0.1) is 6.92 Å². The quantitative estimate of drug-likeness (QED) is 0.409. The Labute approximate surface area is 178 Å². The number of nitrogens with one attached hydrogen (secondary N) is 1. The number of carbonyl (C=O) groups excluding carboxylic acids is 3. The lowest BCUT2D eigenvalue weighted by Gasteiger charge is -2.09. The van der Waals surface area contributed by atoms with Crippen LogP contribution in [0.2, 0.25) is 0 Å². The Balaban J connectivity index is 1.73. The van der Waals surface area contributed by atoms with Gasteiger partial charge in [0.2, 0.25) is 0 Å². The second-order valence-electron chi connectivity index (χ2n) is 6.46. The zero-order chi connectivity index (χ0) is 21.2. The number of esters is 1. The van der Waals surface area contributed by atoms with Crippen LogP contribution < -0.4 is 10.1 Å². The van der Waals surface area contributed by atoms with Crippen LogP contribution in [0.25, 0.3) is 0 Å². The number of amides is 1. The Morgan fingerprint density at radius 1 is 1.03 bits per heavy atom. The number of halogens is 1. The molecule has 0 unspecified atom stereocenters. The van der Waals surface area contributed by atoms with Gasteiger partial charge in [0.25, 0.3) is 5.91 Å². The van der Waals surface area contributed by atoms with Crippen LogP contribution in [0.5, 0.6) is 5.75 Å². The van der Waals surface area contributed by atoms with Crippen LogP contribution in [0.15, 0.2) is 46.9 Å². The van der Waals surface area contributed by atoms with E-state index in [4.69, 9.17) is 9.47 Å². The summed E-state index contributed by atoms with van der Waals surface area (Å²) < 4.78 is 11.3. The number of benzene rings is 2. The van der Waals surface area contributed by atoms with Crippen molar-refractivity contribution in [3.8, 4) is 5.75 Å². The van der Waals surface area contributed by atoms with Crippen molar-refractivity contribution in [2.75, 3.05) is 18.5 Å². The molecule has 29 heavy (non-hydrogen) atoms. The van der Waals surface area contributed by atoms with Crippen molar-refractivity contribution < 1.29 is 23.9 Å². The number of aryl methyl sites for hydroxylation is 1. The molecule has 6 nitrogen and oxygen atoms in total. The number of ketones is 1. The first-order valence-electron chi connectivity index (χ1n) is 9.36. The fourth-order valence-electron chi connectivity index (χ4n) is 2.49. The van der Waals surface area contributed by atoms with E-state index < -0.39 is 18.5 Å². The van der Waals surface area contributed by atoms with Crippen molar-refractivity contribution in [2.24, 2.45) is 0 Å². The van der Waals surface area contributed by atoms with E-state index in [1.807, 2.05) is 26.0 Å². The molecule has 0 fully saturated rings. The monoisotopic (exact) mass is 461 g/mol. The molecular formula is C22H24BrNO5. The van der Waals surface area contributed by atoms with E-state index in [0.717, 1.165) is 16.5 Å². The first kappa shape index (κ1) is 22.6. The topological polar surface area (TPSA) is 81.7 Å². The smallest absolute Gasteiger partial charge is 0.306 e. The van der Waals surface area contributed by atoms with Gasteiger partial charge in [-0.1, -0.05) is 22.9 Å². The minimum Gasteiger partial charge on any atom is -0.494 e. The molecule has 1 amide bonds. The van der Waals surface area contributed by atoms with Gasteiger partial charge in [0, 0.05) is 22.1 Å². The van der Waals surface area contributed by atoms with E-state index >= 15 is 0 Å². The zero-order valence-corrected chi connectivity index (χ0v) is 18.1. The van der Waals surface area contributed by atoms with Gasteiger partial charge in [-0.25, -0.2) is 0 Å². The van der Waals surface area contributed by atoms with Gasteiger partial charge >= 0.3 is 5.97 Å². The van der Waals surface area contributed by atoms with Crippen molar-refractivity contribution in [2.45, 2.75) is 33.1 Å². The van der Waals surface area contributed by atoms with E-state index in [1.165, 1.54) is 0 Å². The Morgan fingerprint density at radius 2 is 1.76 bits per heavy atom. The Morgan fingerprint density at radius 3 is 2.41 bits per heavy atom. The van der Waals surface area contributed by atoms with E-state index in [1.54, 1.807) is 30.3 Å². The lowest BCUT2D eigenvalue weighted by molar-refractivity contribution is -0.147. The summed E-state index contributed by atoms with van der Waals surface area (Å²) in [6, 6.07) is 12.2. The minimum absolute atomic E-state index is 0.0153. The van der Waals surface area contributed by atoms with E-state index in [2.05, 4.69) is 21.2 Å². The van der Waals surface area contributed by atoms with Crippen LogP contribution in [0.4, 0.5) is 5.69 Å². The Bertz CT molecular complexity index is 864. The lowest BCUT2D eigenvalue weighted by atomic mass is 10.1. The molecule has 0 bridgehead atoms. The van der Waals surface area contributed by atoms with Crippen LogP contribution in [0.3, 0.4) is 0 Å². The summed E-state index contributed by atoms with van der Waals surface area (Å²) >= 11 is 3.36. The highest BCUT2D eigenvalue weighted by Gasteiger charge is 2.13. The number of carbonyl (C=O) groups is 3. The molecule has 0 atom stereocenters. The van der Waals surface area contributed by atoms with E-state index in [9.17, 15) is 14.4 Å². The maximum Gasteiger partial charge on any atom is 0.306 e. The number of rotatable bonds is 10. The molecule has 0 aromatic heterocycles. The molecule has 7 heteroatoms. The molecule has 1 N–H and O–H groups in total. The number of Topliss-reactive ketones (excluding diaryl/α,β-unsaturated/α-hetero) is 1. The largest absolute Gasteiger partial charge is 0.494 e. The Hall–Kier alpha value is -2.67. The van der Waals surface area contributed by atoms with Gasteiger partial charge in [0.15, 0.2) is 12.4 Å². The van der Waals surface area contributed by atoms with Gasteiger partial charge in [-0.3, -0.25) is 14.4 Å². The Kier molecular flexibility index (Phi) is 8.86. The summed E-state index contributed by atoms with van der Waals surface area (Å²) in [6.45, 7) is 4.10. The van der Waals surface area contributed by atoms with Crippen LogP contribution in [-0.2, 0) is 14.3 Å². The van der Waals surface area contributed by atoms with Gasteiger partial charge in [-0.15, -0.1) is 0 Å². The van der Waals surface area contributed by atoms with Crippen LogP contribution >= 0.6 is 15.9 Å². The van der Waals surface area contributed by atoms with Crippen molar-refractivity contribution >= 4 is 39.3 Å². The first-order valence-corrected chi connectivity index (χ1v) is 10.2. The fraction of sp³-hybridized carbons (Fsp3) is 0.318. The molecule has 0 saturated heterocycles. The number of anilines is 1. The molecule has 0 radical (unpaired) electrons. The van der Waals surface area contributed by atoms with Crippen molar-refractivity contribution in [3.63, 3.8) is 0 Å². The van der Waals surface area contributed by atoms with Crippen molar-refractivity contribution in [1.82, 2.24) is 0 Å². The maximum atomic E-state index is 12.2. The molecule has 154 valence electrons. The van der Waals surface area contributed by atoms with Crippen LogP contribution in [-0.4, -0.2) is 30.9 Å². The minimum atomic E-state index is -0.594. The average Bonchev–Trinajstić information content (AvgIpc) is 2.71. The SMILES string of the molecule is CCCOc1ccc(C(=O)CCC(=O)OCC(=O)Nc2ccc(Br)cc2C)cc1. The summed E-state index contributed by atoms with van der Waals surface area (Å²) in [7, 11) is 0. The van der Waals surface area contributed by atoms with Gasteiger partial charge in [0.1, 0.15) is 5.75 Å². The third-order valence-electron chi connectivity index (χ3n) is 4.03. The molecular weight excluding hydrogens is 438 g/mol. The summed E-state index contributed by atoms with van der Waals surface area (Å²) in [6.07, 6.45) is 0.836. The molecule has 0 aliphatic heterocycles. The molecule has 2 aromatic rings. The predicted octanol–water partition coefficient (Wildman–Crippen LogP) is 4.69. The highest BCUT2D eigenvalue weighted by atomic mass is 79.9. The molecule has 0 heterocycles. The molecule has 0 aliphatic rings. The fourth-order valence-corrected chi connectivity index (χ4v) is 2.96. The second-order valence-corrected chi connectivity index (χ2v) is 7.38. The third-order valence-corrected chi connectivity index (χ3v) is 4.53. The molecule has 0 saturated carbocycles. The predicted molar refractivity (Wildman–Crippen MR) is 114 cm³/mol. The third kappa shape index (κ3) is 7.69. The zero-order valence-electron chi connectivity index (χ0n) is 16.5. The molecule has 2 rings (SSSR count). The van der Waals surface area contributed by atoms with Crippen molar-refractivity contribution in [3.05, 3.63) is 58.1 Å². The van der Waals surface area contributed by atoms with Gasteiger partial charge in [0.05, 0.1) is 13.0 Å². The highest BCUT2D eigenvalue weighted by Crippen LogP contribution is 2.20. The lowest BCUT2D eigenvalue weighted by Crippen LogP contribution is -2.21. The van der Waals surface area contributed by atoms with E-state index in [-0.39, 0.29) is 18.6 Å². The summed E-state index contributed by atoms with van der Waals surface area (Å²) in [5.41, 5.74) is 2.04. The molecule has 0 aliphatic carbocycles. The summed E-state index contributed by atoms with van der Waals surface area (Å²) in [4.78, 5) is 36.0. The van der Waals surface area contributed by atoms with E-state index in [0.29, 0.717) is 23.6 Å². The average molecular weight is 462 g/mol. The van der Waals surface area contributed by atoms with Gasteiger partial charge in [-0.2, -0.15) is 0 Å². The van der Waals surface area contributed by atoms with Gasteiger partial charge < -0.3 is 14.8 Å². The normalized spacial score (nSPS) is 10.3. The highest BCUT2D eigenvalue weighted by molar-refractivity contribution is 9.10. The molecule has 0 spiro atoms. The summed E-state index contributed by atoms with van der Waals surface area (Å²) in [5, 5.41) is 2.69. The van der Waals surface area contributed by atoms with Gasteiger partial charge in [-0.05, 0) is 61.4 Å². The molecule has 2 aromatic carbocycles. The standard InChI is InChI=1S/C22H24BrNO5/c1-3-12-28-18-7-4-16(5-8-18)20(25)10-11-22(27)29-14-21(26)24-19-9-6-17(23)13-15(19)2/h4-9,13H,3,10-12,14H2,1-2H3,(H,24,26). The first-order chi connectivity index (χ1) is 13.9. The number of ether oxygens (including phenoxy) is 2. The number of hydrogen-bond acceptors (Lipinski definition) is 5. The van der Waals surface area contributed by atoms with Crippen molar-refractivity contribution in [1.29, 1.82) is 0 Å². The summed E-state index contributed by atoms with van der Waals surface area (Å²) in [5.74, 6) is -0.490. The number of hydrogen-bond donors (Lipinski definition) is 1.